The molecule has 3 aromatic carbocycles. The minimum atomic E-state index is 0. The fourth-order valence-electron chi connectivity index (χ4n) is 3.53. The lowest BCUT2D eigenvalue weighted by atomic mass is 10.0. The molecule has 0 aliphatic carbocycles. The highest BCUT2D eigenvalue weighted by Crippen LogP contribution is 2.36. The van der Waals surface area contributed by atoms with Crippen LogP contribution in [0.2, 0.25) is 0 Å². The number of allylic oxidation sites excluding steroid dienone is 1. The van der Waals surface area contributed by atoms with Gasteiger partial charge in [0.05, 0.1) is 27.6 Å². The summed E-state index contributed by atoms with van der Waals surface area (Å²) in [5.41, 5.74) is 2.95. The number of anilines is 1. The van der Waals surface area contributed by atoms with E-state index in [1.807, 2.05) is 60.7 Å². The molecule has 9 heteroatoms. The first-order valence-electron chi connectivity index (χ1n) is 12.5. The highest BCUT2D eigenvalue weighted by atomic mass is 127. The van der Waals surface area contributed by atoms with E-state index in [0.717, 1.165) is 41.2 Å². The largest absolute Gasteiger partial charge is 0.496 e. The molecule has 0 aliphatic rings. The van der Waals surface area contributed by atoms with Gasteiger partial charge in [0.1, 0.15) is 35.1 Å². The van der Waals surface area contributed by atoms with E-state index >= 15 is 0 Å². The van der Waals surface area contributed by atoms with Gasteiger partial charge in [0.15, 0.2) is 6.61 Å². The molecular weight excluding hydrogens is 744 g/mol. The van der Waals surface area contributed by atoms with Crippen LogP contribution in [-0.4, -0.2) is 20.8 Å². The van der Waals surface area contributed by atoms with Crippen molar-refractivity contribution in [1.82, 2.24) is 0 Å². The van der Waals surface area contributed by atoms with Crippen LogP contribution in [-0.2, 0) is 0 Å². The van der Waals surface area contributed by atoms with Gasteiger partial charge in [-0.05, 0) is 93.4 Å². The SMILES string of the molecule is C.COc1cc(C(C)C)c(O/C(C#N)=C/Nc2ccccc2)cc1I.COc1cc(C(C)C)c(OCC#N)cc1I. The number of hydrogen-bond donors (Lipinski definition) is 1. The van der Waals surface area contributed by atoms with E-state index < -0.39 is 0 Å². The summed E-state index contributed by atoms with van der Waals surface area (Å²) in [6.45, 7) is 8.39. The summed E-state index contributed by atoms with van der Waals surface area (Å²) in [6.07, 6.45) is 1.57. The van der Waals surface area contributed by atoms with E-state index in [2.05, 4.69) is 84.3 Å². The molecule has 0 amide bonds. The Morgan fingerprint density at radius 3 is 1.80 bits per heavy atom. The van der Waals surface area contributed by atoms with E-state index in [1.165, 1.54) is 0 Å². The second-order valence-electron chi connectivity index (χ2n) is 9.04. The topological polar surface area (TPSA) is 96.5 Å². The predicted molar refractivity (Wildman–Crippen MR) is 182 cm³/mol. The van der Waals surface area contributed by atoms with Gasteiger partial charge in [0, 0.05) is 16.8 Å². The molecule has 0 aromatic heterocycles. The number of hydrogen-bond acceptors (Lipinski definition) is 7. The molecular formula is C32H37I2N3O4. The highest BCUT2D eigenvalue weighted by molar-refractivity contribution is 14.1. The molecule has 0 bridgehead atoms. The monoisotopic (exact) mass is 781 g/mol. The Hall–Kier alpha value is -3.16. The average molecular weight is 781 g/mol. The zero-order chi connectivity index (χ0) is 29.7. The van der Waals surface area contributed by atoms with Gasteiger partial charge in [0.25, 0.3) is 0 Å². The third-order valence-corrected chi connectivity index (χ3v) is 7.26. The van der Waals surface area contributed by atoms with Crippen LogP contribution in [0.5, 0.6) is 23.0 Å². The lowest BCUT2D eigenvalue weighted by Crippen LogP contribution is -2.02. The predicted octanol–water partition coefficient (Wildman–Crippen LogP) is 9.24. The summed E-state index contributed by atoms with van der Waals surface area (Å²) in [5, 5.41) is 20.9. The zero-order valence-electron chi connectivity index (χ0n) is 23.4. The third-order valence-electron chi connectivity index (χ3n) is 5.58. The van der Waals surface area contributed by atoms with Crippen molar-refractivity contribution in [2.45, 2.75) is 47.0 Å². The van der Waals surface area contributed by atoms with Crippen LogP contribution in [0.25, 0.3) is 0 Å². The molecule has 3 rings (SSSR count). The van der Waals surface area contributed by atoms with Crippen molar-refractivity contribution in [3.63, 3.8) is 0 Å². The van der Waals surface area contributed by atoms with Crippen molar-refractivity contribution in [3.05, 3.63) is 84.8 Å². The number of rotatable bonds is 10. The molecule has 0 heterocycles. The first kappa shape index (κ1) is 35.9. The van der Waals surface area contributed by atoms with Gasteiger partial charge in [0.2, 0.25) is 5.76 Å². The van der Waals surface area contributed by atoms with Crippen molar-refractivity contribution in [1.29, 1.82) is 10.5 Å². The summed E-state index contributed by atoms with van der Waals surface area (Å²) >= 11 is 4.38. The zero-order valence-corrected chi connectivity index (χ0v) is 27.7. The Morgan fingerprint density at radius 1 is 0.829 bits per heavy atom. The maximum absolute atomic E-state index is 9.36. The number of para-hydroxylation sites is 1. The molecule has 0 atom stereocenters. The second kappa shape index (κ2) is 18.3. The molecule has 0 unspecified atom stereocenters. The fourth-order valence-corrected chi connectivity index (χ4v) is 4.84. The van der Waals surface area contributed by atoms with Crippen LogP contribution < -0.4 is 24.3 Å². The standard InChI is InChI=1S/C19H19IN2O2.C12H14INO2.CH4/c1-13(2)16-9-19(23-3)17(20)10-18(16)24-15(11-21)12-22-14-7-5-4-6-8-14;1-8(2)9-6-12(15-3)10(13)7-11(9)16-5-4-14;/h4-10,12-13,22H,1-3H3;6-8H,5H2,1-3H3;1H4/b15-12+;;. The van der Waals surface area contributed by atoms with Crippen LogP contribution in [0.4, 0.5) is 5.69 Å². The maximum Gasteiger partial charge on any atom is 0.219 e. The van der Waals surface area contributed by atoms with Crippen LogP contribution in [0, 0.1) is 29.8 Å². The normalized spacial score (nSPS) is 10.4. The van der Waals surface area contributed by atoms with Crippen LogP contribution in [0.15, 0.2) is 66.6 Å². The highest BCUT2D eigenvalue weighted by Gasteiger charge is 2.15. The summed E-state index contributed by atoms with van der Waals surface area (Å²) in [7, 11) is 3.30. The van der Waals surface area contributed by atoms with Crippen LogP contribution in [0.3, 0.4) is 0 Å². The van der Waals surface area contributed by atoms with Gasteiger partial charge in [-0.3, -0.25) is 0 Å². The maximum atomic E-state index is 9.36. The van der Waals surface area contributed by atoms with Gasteiger partial charge in [-0.1, -0.05) is 53.3 Å². The molecule has 41 heavy (non-hydrogen) atoms. The van der Waals surface area contributed by atoms with Crippen molar-refractivity contribution in [2.75, 3.05) is 26.1 Å². The number of halogens is 2. The molecule has 3 aromatic rings. The minimum absolute atomic E-state index is 0. The average Bonchev–Trinajstić information content (AvgIpc) is 2.94. The van der Waals surface area contributed by atoms with E-state index in [4.69, 9.17) is 24.2 Å². The Bertz CT molecular complexity index is 1380. The van der Waals surface area contributed by atoms with E-state index in [-0.39, 0.29) is 25.7 Å². The molecule has 1 N–H and O–H groups in total. The van der Waals surface area contributed by atoms with Gasteiger partial charge in [-0.25, -0.2) is 0 Å². The van der Waals surface area contributed by atoms with Crippen LogP contribution in [0.1, 0.15) is 58.1 Å². The minimum Gasteiger partial charge on any atom is -0.496 e. The lowest BCUT2D eigenvalue weighted by molar-refractivity contribution is 0.359. The molecule has 218 valence electrons. The lowest BCUT2D eigenvalue weighted by Gasteiger charge is -2.16. The Kier molecular flexibility index (Phi) is 16.0. The van der Waals surface area contributed by atoms with E-state index in [0.29, 0.717) is 11.7 Å². The summed E-state index contributed by atoms with van der Waals surface area (Å²) < 4.78 is 23.8. The number of nitrogens with one attached hydrogen (secondary N) is 1. The quantitative estimate of drug-likeness (QED) is 0.125. The number of methoxy groups -OCH3 is 2. The van der Waals surface area contributed by atoms with E-state index in [9.17, 15) is 5.26 Å². The van der Waals surface area contributed by atoms with Gasteiger partial charge in [-0.2, -0.15) is 10.5 Å². The van der Waals surface area contributed by atoms with Gasteiger partial charge in [-0.15, -0.1) is 0 Å². The Morgan fingerprint density at radius 2 is 1.34 bits per heavy atom. The van der Waals surface area contributed by atoms with Crippen molar-refractivity contribution < 1.29 is 18.9 Å². The van der Waals surface area contributed by atoms with E-state index in [1.54, 1.807) is 20.4 Å². The number of benzene rings is 3. The van der Waals surface area contributed by atoms with Crippen molar-refractivity contribution in [3.8, 4) is 35.1 Å². The third kappa shape index (κ3) is 11.0. The first-order chi connectivity index (χ1) is 19.1. The Balaban J connectivity index is 0.000000433. The second-order valence-corrected chi connectivity index (χ2v) is 11.4. The molecule has 0 spiro atoms. The molecule has 0 saturated heterocycles. The molecule has 0 saturated carbocycles. The van der Waals surface area contributed by atoms with Gasteiger partial charge >= 0.3 is 0 Å². The van der Waals surface area contributed by atoms with Crippen molar-refractivity contribution >= 4 is 50.9 Å². The summed E-state index contributed by atoms with van der Waals surface area (Å²) in [6, 6.07) is 21.4. The molecule has 0 radical (unpaired) electrons. The van der Waals surface area contributed by atoms with Crippen molar-refractivity contribution in [2.24, 2.45) is 0 Å². The molecule has 0 aliphatic heterocycles. The smallest absolute Gasteiger partial charge is 0.219 e. The number of nitriles is 2. The molecule has 0 fully saturated rings. The molecule has 7 nitrogen and oxygen atoms in total. The fraction of sp³-hybridized carbons (Fsp3) is 0.312. The number of nitrogens with zero attached hydrogens (tertiary/aromatic N) is 2. The van der Waals surface area contributed by atoms with Crippen LogP contribution >= 0.6 is 45.2 Å². The summed E-state index contributed by atoms with van der Waals surface area (Å²) in [5.74, 6) is 3.85. The summed E-state index contributed by atoms with van der Waals surface area (Å²) in [4.78, 5) is 0. The first-order valence-corrected chi connectivity index (χ1v) is 14.6. The number of ether oxygens (including phenoxy) is 4. The Labute approximate surface area is 271 Å². The van der Waals surface area contributed by atoms with Gasteiger partial charge < -0.3 is 24.3 Å².